The zero-order valence-corrected chi connectivity index (χ0v) is 23.1. The van der Waals surface area contributed by atoms with E-state index in [1.807, 2.05) is 31.2 Å². The number of ether oxygens (including phenoxy) is 2. The summed E-state index contributed by atoms with van der Waals surface area (Å²) >= 11 is 12.5. The smallest absolute Gasteiger partial charge is 0.254 e. The Bertz CT molecular complexity index is 1600. The first-order chi connectivity index (χ1) is 19.8. The van der Waals surface area contributed by atoms with Gasteiger partial charge in [-0.1, -0.05) is 41.4 Å². The molecule has 2 aromatic heterocycles. The van der Waals surface area contributed by atoms with Crippen LogP contribution in [0.1, 0.15) is 34.1 Å². The molecule has 0 aliphatic carbocycles. The minimum atomic E-state index is -0.809. The number of benzene rings is 2. The van der Waals surface area contributed by atoms with Crippen molar-refractivity contribution in [3.8, 4) is 11.6 Å². The number of anilines is 1. The van der Waals surface area contributed by atoms with E-state index in [2.05, 4.69) is 25.3 Å². The van der Waals surface area contributed by atoms with E-state index in [-0.39, 0.29) is 30.5 Å². The van der Waals surface area contributed by atoms with Crippen LogP contribution in [0, 0.1) is 5.82 Å². The lowest BCUT2D eigenvalue weighted by molar-refractivity contribution is -0.114. The standard InChI is InChI=1S/C17H14Cl2N2O2.C11H9FN4O2/c1-2-23-14-8-10(18)7-12(19)16(14)17-11-5-3-4-6-13(11)21-15(22)9-20-17;12-7-3-9(10(13)17)11(16-4-7)18-6-8-5-14-1-2-15-8/h3-8H,2,9H2,1H3,(H,21,22);1-5H,6H2,(H2,13,17). The molecule has 2 amide bonds. The fourth-order valence-corrected chi connectivity index (χ4v) is 4.32. The Balaban J connectivity index is 0.000000195. The number of rotatable bonds is 7. The molecule has 0 spiro atoms. The molecule has 41 heavy (non-hydrogen) atoms. The van der Waals surface area contributed by atoms with E-state index in [0.717, 1.165) is 17.8 Å². The molecule has 3 heterocycles. The van der Waals surface area contributed by atoms with Crippen molar-refractivity contribution in [2.75, 3.05) is 18.5 Å². The van der Waals surface area contributed by atoms with Crippen molar-refractivity contribution < 1.29 is 23.5 Å². The van der Waals surface area contributed by atoms with Gasteiger partial charge in [0.15, 0.2) is 0 Å². The third-order valence-corrected chi connectivity index (χ3v) is 5.97. The Morgan fingerprint density at radius 3 is 2.63 bits per heavy atom. The average molecular weight is 597 g/mol. The number of hydrogen-bond acceptors (Lipinski definition) is 8. The highest BCUT2D eigenvalue weighted by atomic mass is 35.5. The highest BCUT2D eigenvalue weighted by Gasteiger charge is 2.23. The zero-order valence-electron chi connectivity index (χ0n) is 21.6. The number of nitrogens with zero attached hydrogens (tertiary/aromatic N) is 4. The summed E-state index contributed by atoms with van der Waals surface area (Å²) < 4.78 is 23.9. The Labute approximate surface area is 244 Å². The van der Waals surface area contributed by atoms with Gasteiger partial charge in [0.05, 0.1) is 46.7 Å². The molecule has 0 bridgehead atoms. The molecule has 0 fully saturated rings. The Kier molecular flexibility index (Phi) is 9.77. The highest BCUT2D eigenvalue weighted by molar-refractivity contribution is 6.39. The summed E-state index contributed by atoms with van der Waals surface area (Å²) in [5.41, 5.74) is 8.29. The largest absolute Gasteiger partial charge is 0.493 e. The monoisotopic (exact) mass is 596 g/mol. The molecule has 0 saturated carbocycles. The van der Waals surface area contributed by atoms with Crippen LogP contribution in [0.5, 0.6) is 11.6 Å². The van der Waals surface area contributed by atoms with Gasteiger partial charge in [0.25, 0.3) is 5.91 Å². The molecule has 5 rings (SSSR count). The Morgan fingerprint density at radius 2 is 1.90 bits per heavy atom. The van der Waals surface area contributed by atoms with Gasteiger partial charge in [-0.05, 0) is 31.2 Å². The number of halogens is 3. The molecule has 0 saturated heterocycles. The predicted molar refractivity (Wildman–Crippen MR) is 152 cm³/mol. The quantitative estimate of drug-likeness (QED) is 0.310. The molecule has 10 nitrogen and oxygen atoms in total. The van der Waals surface area contributed by atoms with Crippen LogP contribution in [0.3, 0.4) is 0 Å². The van der Waals surface area contributed by atoms with E-state index in [9.17, 15) is 14.0 Å². The lowest BCUT2D eigenvalue weighted by Crippen LogP contribution is -2.14. The van der Waals surface area contributed by atoms with E-state index in [1.165, 1.54) is 18.6 Å². The van der Waals surface area contributed by atoms with Crippen molar-refractivity contribution in [3.63, 3.8) is 0 Å². The minimum absolute atomic E-state index is 0.0224. The van der Waals surface area contributed by atoms with Gasteiger partial charge in [-0.25, -0.2) is 9.37 Å². The van der Waals surface area contributed by atoms with Crippen molar-refractivity contribution in [2.45, 2.75) is 13.5 Å². The molecule has 4 aromatic rings. The molecule has 0 unspecified atom stereocenters. The van der Waals surface area contributed by atoms with E-state index >= 15 is 0 Å². The maximum absolute atomic E-state index is 12.9. The Morgan fingerprint density at radius 1 is 1.10 bits per heavy atom. The fraction of sp³-hybridized carbons (Fsp3) is 0.143. The summed E-state index contributed by atoms with van der Waals surface area (Å²) in [4.78, 5) is 38.9. The number of pyridine rings is 1. The minimum Gasteiger partial charge on any atom is -0.493 e. The number of para-hydroxylation sites is 1. The number of hydrogen-bond donors (Lipinski definition) is 2. The van der Waals surface area contributed by atoms with Crippen molar-refractivity contribution in [2.24, 2.45) is 10.7 Å². The molecular formula is C28H23Cl2FN6O4. The predicted octanol–water partition coefficient (Wildman–Crippen LogP) is 4.87. The molecular weight excluding hydrogens is 574 g/mol. The summed E-state index contributed by atoms with van der Waals surface area (Å²) in [6.45, 7) is 2.43. The van der Waals surface area contributed by atoms with Crippen LogP contribution in [0.4, 0.5) is 10.1 Å². The van der Waals surface area contributed by atoms with Gasteiger partial charge in [0, 0.05) is 23.0 Å². The number of primary amides is 1. The van der Waals surface area contributed by atoms with E-state index in [4.69, 9.17) is 38.4 Å². The van der Waals surface area contributed by atoms with E-state index < -0.39 is 11.7 Å². The number of nitrogens with one attached hydrogen (secondary N) is 1. The summed E-state index contributed by atoms with van der Waals surface area (Å²) in [6, 6.07) is 11.8. The average Bonchev–Trinajstić information content (AvgIpc) is 3.11. The fourth-order valence-electron chi connectivity index (χ4n) is 3.75. The number of nitrogens with two attached hydrogens (primary N) is 1. The molecule has 13 heteroatoms. The SMILES string of the molecule is CCOc1cc(Cl)cc(Cl)c1C1=NCC(=O)Nc2ccccc21.NC(=O)c1cc(F)cnc1OCc1cnccn1. The first-order valence-electron chi connectivity index (χ1n) is 12.2. The van der Waals surface area contributed by atoms with E-state index in [1.54, 1.807) is 12.1 Å². The number of aromatic nitrogens is 3. The first kappa shape index (κ1) is 29.4. The number of amides is 2. The number of fused-ring (bicyclic) bond motifs is 1. The lowest BCUT2D eigenvalue weighted by Gasteiger charge is -2.15. The van der Waals surface area contributed by atoms with Crippen LogP contribution in [0.15, 0.2) is 72.2 Å². The van der Waals surface area contributed by atoms with Crippen molar-refractivity contribution >= 4 is 46.4 Å². The van der Waals surface area contributed by atoms with Gasteiger partial charge in [-0.3, -0.25) is 24.5 Å². The van der Waals surface area contributed by atoms with Gasteiger partial charge < -0.3 is 20.5 Å². The Hall–Kier alpha value is -4.61. The summed E-state index contributed by atoms with van der Waals surface area (Å²) in [6.07, 6.45) is 5.48. The summed E-state index contributed by atoms with van der Waals surface area (Å²) in [5, 5.41) is 3.76. The van der Waals surface area contributed by atoms with Gasteiger partial charge in [0.1, 0.15) is 30.3 Å². The first-order valence-corrected chi connectivity index (χ1v) is 12.9. The molecule has 210 valence electrons. The van der Waals surface area contributed by atoms with Crippen LogP contribution in [-0.4, -0.2) is 45.6 Å². The van der Waals surface area contributed by atoms with Crippen LogP contribution in [0.2, 0.25) is 10.0 Å². The van der Waals surface area contributed by atoms with Crippen LogP contribution in [-0.2, 0) is 11.4 Å². The number of benzodiazepines with no additional fused rings is 1. The third-order valence-electron chi connectivity index (χ3n) is 5.45. The normalized spacial score (nSPS) is 12.1. The molecule has 0 radical (unpaired) electrons. The second-order valence-corrected chi connectivity index (χ2v) is 9.15. The lowest BCUT2D eigenvalue weighted by atomic mass is 9.99. The second-order valence-electron chi connectivity index (χ2n) is 8.31. The van der Waals surface area contributed by atoms with Crippen molar-refractivity contribution in [1.82, 2.24) is 15.0 Å². The van der Waals surface area contributed by atoms with Crippen LogP contribution in [0.25, 0.3) is 0 Å². The van der Waals surface area contributed by atoms with Crippen LogP contribution >= 0.6 is 23.2 Å². The topological polar surface area (TPSA) is 142 Å². The van der Waals surface area contributed by atoms with Crippen molar-refractivity contribution in [1.29, 1.82) is 0 Å². The molecule has 1 aliphatic heterocycles. The second kappa shape index (κ2) is 13.6. The van der Waals surface area contributed by atoms with Gasteiger partial charge >= 0.3 is 0 Å². The van der Waals surface area contributed by atoms with Crippen LogP contribution < -0.4 is 20.5 Å². The van der Waals surface area contributed by atoms with Gasteiger partial charge in [-0.2, -0.15) is 0 Å². The zero-order chi connectivity index (χ0) is 29.4. The summed E-state index contributed by atoms with van der Waals surface area (Å²) in [7, 11) is 0. The molecule has 0 atom stereocenters. The maximum Gasteiger partial charge on any atom is 0.254 e. The van der Waals surface area contributed by atoms with E-state index in [0.29, 0.717) is 45.1 Å². The molecule has 1 aliphatic rings. The summed E-state index contributed by atoms with van der Waals surface area (Å²) in [5.74, 6) is -1.12. The number of carbonyl (C=O) groups excluding carboxylic acids is 2. The number of aliphatic imine (C=N–C) groups is 1. The third kappa shape index (κ3) is 7.53. The molecule has 3 N–H and O–H groups in total. The maximum atomic E-state index is 12.9. The van der Waals surface area contributed by atoms with Crippen molar-refractivity contribution in [3.05, 3.63) is 105 Å². The number of carbonyl (C=O) groups is 2. The highest BCUT2D eigenvalue weighted by Crippen LogP contribution is 2.35. The van der Waals surface area contributed by atoms with Gasteiger partial charge in [-0.15, -0.1) is 0 Å². The molecule has 2 aromatic carbocycles. The van der Waals surface area contributed by atoms with Gasteiger partial charge in [0.2, 0.25) is 11.8 Å².